The standard InChI is InChI=1S/C15H21NO/c1-9-7-11(3)14(8-10(9)2)12(4)16-15(17)13-5-6-13/h7-8,12-13H,5-6H2,1-4H3,(H,16,17)/t12-/m0/s1. The highest BCUT2D eigenvalue weighted by Crippen LogP contribution is 2.30. The Morgan fingerprint density at radius 2 is 1.76 bits per heavy atom. The lowest BCUT2D eigenvalue weighted by Gasteiger charge is -2.18. The van der Waals surface area contributed by atoms with Gasteiger partial charge in [0.1, 0.15) is 0 Å². The van der Waals surface area contributed by atoms with E-state index in [2.05, 4.69) is 45.1 Å². The van der Waals surface area contributed by atoms with Crippen molar-refractivity contribution in [2.24, 2.45) is 5.92 Å². The average Bonchev–Trinajstić information content (AvgIpc) is 3.06. The fourth-order valence-electron chi connectivity index (χ4n) is 2.20. The molecule has 1 amide bonds. The normalized spacial score (nSPS) is 16.7. The molecule has 2 nitrogen and oxygen atoms in total. The lowest BCUT2D eigenvalue weighted by atomic mass is 9.96. The monoisotopic (exact) mass is 231 g/mol. The van der Waals surface area contributed by atoms with Crippen LogP contribution in [0.25, 0.3) is 0 Å². The van der Waals surface area contributed by atoms with E-state index >= 15 is 0 Å². The van der Waals surface area contributed by atoms with Gasteiger partial charge in [0.05, 0.1) is 6.04 Å². The van der Waals surface area contributed by atoms with Gasteiger partial charge in [-0.1, -0.05) is 12.1 Å². The number of hydrogen-bond acceptors (Lipinski definition) is 1. The summed E-state index contributed by atoms with van der Waals surface area (Å²) in [6, 6.07) is 4.51. The maximum atomic E-state index is 11.7. The lowest BCUT2D eigenvalue weighted by Crippen LogP contribution is -2.28. The zero-order valence-electron chi connectivity index (χ0n) is 11.1. The molecule has 2 rings (SSSR count). The average molecular weight is 231 g/mol. The van der Waals surface area contributed by atoms with Crippen molar-refractivity contribution in [3.8, 4) is 0 Å². The third-order valence-electron chi connectivity index (χ3n) is 3.66. The molecule has 17 heavy (non-hydrogen) atoms. The molecule has 1 aromatic rings. The maximum Gasteiger partial charge on any atom is 0.223 e. The fourth-order valence-corrected chi connectivity index (χ4v) is 2.20. The molecule has 1 N–H and O–H groups in total. The van der Waals surface area contributed by atoms with Crippen LogP contribution in [0.15, 0.2) is 12.1 Å². The van der Waals surface area contributed by atoms with Crippen LogP contribution in [0.1, 0.15) is 48.1 Å². The fraction of sp³-hybridized carbons (Fsp3) is 0.533. The van der Waals surface area contributed by atoms with Crippen LogP contribution in [0.4, 0.5) is 0 Å². The van der Waals surface area contributed by atoms with Gasteiger partial charge in [0.15, 0.2) is 0 Å². The minimum Gasteiger partial charge on any atom is -0.349 e. The summed E-state index contributed by atoms with van der Waals surface area (Å²) in [6.45, 7) is 8.42. The second kappa shape index (κ2) is 4.52. The Labute approximate surface area is 103 Å². The van der Waals surface area contributed by atoms with E-state index in [1.54, 1.807) is 0 Å². The molecule has 0 saturated heterocycles. The van der Waals surface area contributed by atoms with Gasteiger partial charge in [-0.05, 0) is 62.8 Å². The van der Waals surface area contributed by atoms with E-state index in [1.807, 2.05) is 0 Å². The van der Waals surface area contributed by atoms with Crippen LogP contribution in [-0.4, -0.2) is 5.91 Å². The SMILES string of the molecule is Cc1cc(C)c([C@H](C)NC(=O)C2CC2)cc1C. The van der Waals surface area contributed by atoms with Crippen molar-refractivity contribution in [1.29, 1.82) is 0 Å². The van der Waals surface area contributed by atoms with E-state index in [0.717, 1.165) is 12.8 Å². The van der Waals surface area contributed by atoms with Crippen molar-refractivity contribution < 1.29 is 4.79 Å². The van der Waals surface area contributed by atoms with Crippen LogP contribution in [0, 0.1) is 26.7 Å². The number of carbonyl (C=O) groups excluding carboxylic acids is 1. The molecule has 92 valence electrons. The molecule has 0 radical (unpaired) electrons. The van der Waals surface area contributed by atoms with Gasteiger partial charge in [0.25, 0.3) is 0 Å². The number of rotatable bonds is 3. The summed E-state index contributed by atoms with van der Waals surface area (Å²) >= 11 is 0. The van der Waals surface area contributed by atoms with Gasteiger partial charge < -0.3 is 5.32 Å². The Hall–Kier alpha value is -1.31. The van der Waals surface area contributed by atoms with Gasteiger partial charge in [-0.15, -0.1) is 0 Å². The molecule has 1 aromatic carbocycles. The summed E-state index contributed by atoms with van der Waals surface area (Å²) in [6.07, 6.45) is 2.12. The molecule has 0 aliphatic heterocycles. The molecule has 1 aliphatic carbocycles. The molecule has 0 bridgehead atoms. The Kier molecular flexibility index (Phi) is 3.23. The smallest absolute Gasteiger partial charge is 0.223 e. The number of carbonyl (C=O) groups is 1. The Bertz CT molecular complexity index is 446. The number of nitrogens with one attached hydrogen (secondary N) is 1. The van der Waals surface area contributed by atoms with Crippen LogP contribution in [-0.2, 0) is 4.79 Å². The first kappa shape index (κ1) is 12.2. The van der Waals surface area contributed by atoms with Gasteiger partial charge in [-0.3, -0.25) is 4.79 Å². The van der Waals surface area contributed by atoms with Crippen LogP contribution in [0.2, 0.25) is 0 Å². The predicted octanol–water partition coefficient (Wildman–Crippen LogP) is 3.20. The van der Waals surface area contributed by atoms with Crippen molar-refractivity contribution in [2.75, 3.05) is 0 Å². The summed E-state index contributed by atoms with van der Waals surface area (Å²) < 4.78 is 0. The molecule has 2 heteroatoms. The molecule has 1 saturated carbocycles. The number of aryl methyl sites for hydroxylation is 3. The molecular weight excluding hydrogens is 210 g/mol. The van der Waals surface area contributed by atoms with E-state index in [-0.39, 0.29) is 17.9 Å². The minimum absolute atomic E-state index is 0.113. The summed E-state index contributed by atoms with van der Waals surface area (Å²) in [4.78, 5) is 11.7. The minimum atomic E-state index is 0.113. The van der Waals surface area contributed by atoms with E-state index in [4.69, 9.17) is 0 Å². The zero-order valence-corrected chi connectivity index (χ0v) is 11.1. The Morgan fingerprint density at radius 3 is 2.35 bits per heavy atom. The number of hydrogen-bond donors (Lipinski definition) is 1. The largest absolute Gasteiger partial charge is 0.349 e. The van der Waals surface area contributed by atoms with Crippen molar-refractivity contribution in [1.82, 2.24) is 5.32 Å². The van der Waals surface area contributed by atoms with Crippen molar-refractivity contribution >= 4 is 5.91 Å². The first-order valence-corrected chi connectivity index (χ1v) is 6.37. The van der Waals surface area contributed by atoms with E-state index in [0.29, 0.717) is 0 Å². The number of benzene rings is 1. The molecule has 0 spiro atoms. The molecular formula is C15H21NO. The predicted molar refractivity (Wildman–Crippen MR) is 69.9 cm³/mol. The topological polar surface area (TPSA) is 29.1 Å². The van der Waals surface area contributed by atoms with Crippen LogP contribution in [0.3, 0.4) is 0 Å². The van der Waals surface area contributed by atoms with Crippen molar-refractivity contribution in [2.45, 2.75) is 46.6 Å². The second-order valence-corrected chi connectivity index (χ2v) is 5.30. The molecule has 0 heterocycles. The second-order valence-electron chi connectivity index (χ2n) is 5.30. The molecule has 0 aromatic heterocycles. The highest BCUT2D eigenvalue weighted by atomic mass is 16.2. The highest BCUT2D eigenvalue weighted by molar-refractivity contribution is 5.81. The highest BCUT2D eigenvalue weighted by Gasteiger charge is 2.30. The third-order valence-corrected chi connectivity index (χ3v) is 3.66. The van der Waals surface area contributed by atoms with Gasteiger partial charge in [0, 0.05) is 5.92 Å². The third kappa shape index (κ3) is 2.68. The van der Waals surface area contributed by atoms with Gasteiger partial charge in [-0.25, -0.2) is 0 Å². The summed E-state index contributed by atoms with van der Waals surface area (Å²) in [5.41, 5.74) is 5.10. The van der Waals surface area contributed by atoms with E-state index in [1.165, 1.54) is 22.3 Å². The first-order valence-electron chi connectivity index (χ1n) is 6.37. The van der Waals surface area contributed by atoms with Crippen molar-refractivity contribution in [3.05, 3.63) is 34.4 Å². The van der Waals surface area contributed by atoms with Crippen molar-refractivity contribution in [3.63, 3.8) is 0 Å². The summed E-state index contributed by atoms with van der Waals surface area (Å²) in [7, 11) is 0. The van der Waals surface area contributed by atoms with E-state index < -0.39 is 0 Å². The van der Waals surface area contributed by atoms with Gasteiger partial charge in [-0.2, -0.15) is 0 Å². The maximum absolute atomic E-state index is 11.7. The molecule has 1 fully saturated rings. The number of amides is 1. The lowest BCUT2D eigenvalue weighted by molar-refractivity contribution is -0.122. The Balaban J connectivity index is 2.15. The molecule has 0 unspecified atom stereocenters. The van der Waals surface area contributed by atoms with E-state index in [9.17, 15) is 4.79 Å². The molecule has 1 aliphatic rings. The van der Waals surface area contributed by atoms with Gasteiger partial charge in [0.2, 0.25) is 5.91 Å². The summed E-state index contributed by atoms with van der Waals surface area (Å²) in [5.74, 6) is 0.499. The van der Waals surface area contributed by atoms with Crippen LogP contribution >= 0.6 is 0 Å². The molecule has 1 atom stereocenters. The first-order chi connectivity index (χ1) is 7.99. The zero-order chi connectivity index (χ0) is 12.6. The summed E-state index contributed by atoms with van der Waals surface area (Å²) in [5, 5.41) is 3.11. The van der Waals surface area contributed by atoms with Crippen LogP contribution < -0.4 is 5.32 Å². The van der Waals surface area contributed by atoms with Gasteiger partial charge >= 0.3 is 0 Å². The van der Waals surface area contributed by atoms with Crippen LogP contribution in [0.5, 0.6) is 0 Å². The quantitative estimate of drug-likeness (QED) is 0.850. The Morgan fingerprint density at radius 1 is 1.18 bits per heavy atom.